The van der Waals surface area contributed by atoms with Gasteiger partial charge in [-0.3, -0.25) is 9.59 Å². The molecule has 0 fully saturated rings. The van der Waals surface area contributed by atoms with E-state index in [9.17, 15) is 24.2 Å². The average molecular weight is 272 g/mol. The highest BCUT2D eigenvalue weighted by Gasteiger charge is 2.54. The van der Waals surface area contributed by atoms with E-state index < -0.39 is 34.3 Å². The molecule has 0 atom stereocenters. The predicted molar refractivity (Wildman–Crippen MR) is 67.1 cm³/mol. The molecule has 0 saturated heterocycles. The summed E-state index contributed by atoms with van der Waals surface area (Å²) in [6, 6.07) is 8.68. The first-order valence-corrected chi connectivity index (χ1v) is 5.86. The molecule has 5 heteroatoms. The summed E-state index contributed by atoms with van der Waals surface area (Å²) in [4.78, 5) is 24.6. The van der Waals surface area contributed by atoms with Crippen LogP contribution in [0.25, 0.3) is 0 Å². The van der Waals surface area contributed by atoms with Crippen LogP contribution in [0.1, 0.15) is 26.3 Å². The van der Waals surface area contributed by atoms with Gasteiger partial charge in [0.15, 0.2) is 0 Å². The molecule has 0 heterocycles. The molecule has 0 aromatic heterocycles. The molecular formula is C15H9FO4. The Balaban J connectivity index is 2.27. The Morgan fingerprint density at radius 2 is 1.50 bits per heavy atom. The average Bonchev–Trinajstić information content (AvgIpc) is 2.65. The lowest BCUT2D eigenvalue weighted by atomic mass is 9.88. The minimum atomic E-state index is -2.57. The monoisotopic (exact) mass is 272 g/mol. The van der Waals surface area contributed by atoms with Crippen molar-refractivity contribution in [1.29, 1.82) is 0 Å². The highest BCUT2D eigenvalue weighted by atomic mass is 19.1. The van der Waals surface area contributed by atoms with Crippen LogP contribution in [-0.2, 0) is 5.60 Å². The summed E-state index contributed by atoms with van der Waals surface area (Å²) in [5.41, 5.74) is -2.90. The van der Waals surface area contributed by atoms with E-state index in [4.69, 9.17) is 0 Å². The van der Waals surface area contributed by atoms with Crippen molar-refractivity contribution in [3.8, 4) is 5.75 Å². The molecule has 100 valence electrons. The zero-order chi connectivity index (χ0) is 14.5. The van der Waals surface area contributed by atoms with Gasteiger partial charge < -0.3 is 10.2 Å². The molecule has 1 aliphatic rings. The van der Waals surface area contributed by atoms with Gasteiger partial charge in [-0.25, -0.2) is 4.39 Å². The number of aromatic hydroxyl groups is 1. The topological polar surface area (TPSA) is 74.6 Å². The Hall–Kier alpha value is -2.53. The molecule has 2 aromatic rings. The quantitative estimate of drug-likeness (QED) is 0.776. The van der Waals surface area contributed by atoms with Gasteiger partial charge in [-0.1, -0.05) is 24.3 Å². The zero-order valence-electron chi connectivity index (χ0n) is 10.1. The normalized spacial score (nSPS) is 16.3. The third-order valence-electron chi connectivity index (χ3n) is 3.42. The Morgan fingerprint density at radius 3 is 2.05 bits per heavy atom. The van der Waals surface area contributed by atoms with Crippen LogP contribution in [0.3, 0.4) is 0 Å². The number of hydrogen-bond donors (Lipinski definition) is 2. The summed E-state index contributed by atoms with van der Waals surface area (Å²) in [6.45, 7) is 0. The van der Waals surface area contributed by atoms with E-state index in [2.05, 4.69) is 0 Å². The molecule has 0 aliphatic heterocycles. The molecule has 0 bridgehead atoms. The van der Waals surface area contributed by atoms with Gasteiger partial charge in [0.25, 0.3) is 0 Å². The second-order valence-electron chi connectivity index (χ2n) is 4.58. The van der Waals surface area contributed by atoms with Crippen molar-refractivity contribution in [3.05, 3.63) is 65.0 Å². The second kappa shape index (κ2) is 3.98. The Labute approximate surface area is 113 Å². The number of ketones is 2. The predicted octanol–water partition coefficient (Wildman–Crippen LogP) is 1.80. The maximum Gasteiger partial charge on any atom is 0.220 e. The molecule has 0 radical (unpaired) electrons. The first-order valence-electron chi connectivity index (χ1n) is 5.86. The van der Waals surface area contributed by atoms with Crippen LogP contribution in [-0.4, -0.2) is 21.8 Å². The lowest BCUT2D eigenvalue weighted by Gasteiger charge is -2.20. The highest BCUT2D eigenvalue weighted by Crippen LogP contribution is 2.41. The lowest BCUT2D eigenvalue weighted by molar-refractivity contribution is 0.0311. The van der Waals surface area contributed by atoms with Crippen LogP contribution in [0.4, 0.5) is 4.39 Å². The number of aliphatic hydroxyl groups is 1. The van der Waals surface area contributed by atoms with Crippen molar-refractivity contribution in [1.82, 2.24) is 0 Å². The molecule has 2 N–H and O–H groups in total. The zero-order valence-corrected chi connectivity index (χ0v) is 10.1. The molecule has 0 amide bonds. The van der Waals surface area contributed by atoms with E-state index in [0.29, 0.717) is 0 Å². The van der Waals surface area contributed by atoms with Gasteiger partial charge in [-0.05, 0) is 18.2 Å². The van der Waals surface area contributed by atoms with Crippen molar-refractivity contribution < 1.29 is 24.2 Å². The minimum absolute atomic E-state index is 0.0589. The van der Waals surface area contributed by atoms with Crippen molar-refractivity contribution in [3.63, 3.8) is 0 Å². The molecule has 3 rings (SSSR count). The van der Waals surface area contributed by atoms with Crippen molar-refractivity contribution in [2.24, 2.45) is 0 Å². The smallest absolute Gasteiger partial charge is 0.220 e. The van der Waals surface area contributed by atoms with Crippen LogP contribution in [0.2, 0.25) is 0 Å². The highest BCUT2D eigenvalue weighted by molar-refractivity contribution is 6.32. The molecule has 1 aliphatic carbocycles. The van der Waals surface area contributed by atoms with Gasteiger partial charge in [0, 0.05) is 16.7 Å². The first-order chi connectivity index (χ1) is 9.46. The van der Waals surface area contributed by atoms with Gasteiger partial charge in [0.2, 0.25) is 17.2 Å². The number of rotatable bonds is 1. The van der Waals surface area contributed by atoms with Crippen molar-refractivity contribution >= 4 is 11.6 Å². The second-order valence-corrected chi connectivity index (χ2v) is 4.58. The Kier molecular flexibility index (Phi) is 2.49. The SMILES string of the molecule is O=C1c2ccccc2C(=O)C1(O)c1cc(F)ccc1O. The minimum Gasteiger partial charge on any atom is -0.508 e. The number of Topliss-reactive ketones (excluding diaryl/α,β-unsaturated/α-hetero) is 2. The summed E-state index contributed by atoms with van der Waals surface area (Å²) >= 11 is 0. The van der Waals surface area contributed by atoms with Gasteiger partial charge in [-0.2, -0.15) is 0 Å². The van der Waals surface area contributed by atoms with E-state index in [1.807, 2.05) is 0 Å². The van der Waals surface area contributed by atoms with Crippen molar-refractivity contribution in [2.45, 2.75) is 5.60 Å². The van der Waals surface area contributed by atoms with Crippen molar-refractivity contribution in [2.75, 3.05) is 0 Å². The molecule has 0 spiro atoms. The number of phenolic OH excluding ortho intramolecular Hbond substituents is 1. The van der Waals surface area contributed by atoms with Gasteiger partial charge >= 0.3 is 0 Å². The van der Waals surface area contributed by atoms with Gasteiger partial charge in [0.05, 0.1) is 0 Å². The summed E-state index contributed by atoms with van der Waals surface area (Å²) in [7, 11) is 0. The van der Waals surface area contributed by atoms with E-state index >= 15 is 0 Å². The maximum absolute atomic E-state index is 13.3. The summed E-state index contributed by atoms with van der Waals surface area (Å²) in [5, 5.41) is 20.2. The number of fused-ring (bicyclic) bond motifs is 1. The fraction of sp³-hybridized carbons (Fsp3) is 0.0667. The Morgan fingerprint density at radius 1 is 0.950 bits per heavy atom. The fourth-order valence-electron chi connectivity index (χ4n) is 2.41. The number of phenols is 1. The first kappa shape index (κ1) is 12.5. The number of halogens is 1. The molecule has 0 unspecified atom stereocenters. The molecule has 20 heavy (non-hydrogen) atoms. The van der Waals surface area contributed by atoms with Crippen LogP contribution in [0.5, 0.6) is 5.75 Å². The van der Waals surface area contributed by atoms with Crippen LogP contribution in [0, 0.1) is 5.82 Å². The van der Waals surface area contributed by atoms with Crippen LogP contribution in [0.15, 0.2) is 42.5 Å². The Bertz CT molecular complexity index is 716. The van der Waals surface area contributed by atoms with Crippen LogP contribution < -0.4 is 0 Å². The van der Waals surface area contributed by atoms with Gasteiger partial charge in [-0.15, -0.1) is 0 Å². The van der Waals surface area contributed by atoms with E-state index in [1.165, 1.54) is 12.1 Å². The molecule has 4 nitrogen and oxygen atoms in total. The number of benzene rings is 2. The summed E-state index contributed by atoms with van der Waals surface area (Å²) in [6.07, 6.45) is 0. The summed E-state index contributed by atoms with van der Waals surface area (Å²) < 4.78 is 13.3. The maximum atomic E-state index is 13.3. The molecular weight excluding hydrogens is 263 g/mol. The molecule has 2 aromatic carbocycles. The van der Waals surface area contributed by atoms with E-state index in [0.717, 1.165) is 18.2 Å². The third-order valence-corrected chi connectivity index (χ3v) is 3.42. The van der Waals surface area contributed by atoms with Gasteiger partial charge in [0.1, 0.15) is 11.6 Å². The summed E-state index contributed by atoms with van der Waals surface area (Å²) in [5.74, 6) is -3.00. The largest absolute Gasteiger partial charge is 0.508 e. The fourth-order valence-corrected chi connectivity index (χ4v) is 2.41. The third kappa shape index (κ3) is 1.44. The number of hydrogen-bond acceptors (Lipinski definition) is 4. The number of carbonyl (C=O) groups excluding carboxylic acids is 2. The van der Waals surface area contributed by atoms with E-state index in [-0.39, 0.29) is 11.1 Å². The number of carbonyl (C=O) groups is 2. The standard InChI is InChI=1S/C15H9FO4/c16-8-5-6-12(17)11(7-8)15(20)13(18)9-3-1-2-4-10(9)14(15)19/h1-7,17,20H. The lowest BCUT2D eigenvalue weighted by Crippen LogP contribution is -2.38. The molecule has 0 saturated carbocycles. The van der Waals surface area contributed by atoms with Crippen LogP contribution >= 0.6 is 0 Å². The van der Waals surface area contributed by atoms with E-state index in [1.54, 1.807) is 12.1 Å².